The van der Waals surface area contributed by atoms with Crippen molar-refractivity contribution >= 4 is 0 Å². The Kier molecular flexibility index (Phi) is 17.1. The summed E-state index contributed by atoms with van der Waals surface area (Å²) in [5, 5.41) is 23.6. The summed E-state index contributed by atoms with van der Waals surface area (Å²) in [7, 11) is 1.52. The van der Waals surface area contributed by atoms with Gasteiger partial charge < -0.3 is 62.3 Å². The molecule has 340 valence electrons. The highest BCUT2D eigenvalue weighted by Crippen LogP contribution is 2.35. The molecule has 0 spiro atoms. The number of aliphatic hydroxyl groups excluding tert-OH is 2. The summed E-state index contributed by atoms with van der Waals surface area (Å²) in [6, 6.07) is 48.8. The van der Waals surface area contributed by atoms with Gasteiger partial charge in [-0.1, -0.05) is 152 Å². The van der Waals surface area contributed by atoms with Gasteiger partial charge in [-0.3, -0.25) is 0 Å². The molecule has 3 heterocycles. The van der Waals surface area contributed by atoms with Gasteiger partial charge in [-0.2, -0.15) is 0 Å². The molecule has 5 aromatic rings. The summed E-state index contributed by atoms with van der Waals surface area (Å²) < 4.78 is 69.4. The van der Waals surface area contributed by atoms with Crippen LogP contribution in [-0.2, 0) is 85.1 Å². The van der Waals surface area contributed by atoms with Crippen LogP contribution in [-0.4, -0.2) is 111 Å². The minimum Gasteiger partial charge on any atom is -0.385 e. The van der Waals surface area contributed by atoms with Crippen LogP contribution >= 0.6 is 0 Å². The van der Waals surface area contributed by atoms with Gasteiger partial charge in [-0.05, 0) is 27.8 Å². The standard InChI is InChI=1S/C51H58O13/c1-54-51-48(59-31-39-25-15-6-16-26-39)47(64-50-44(53)46(58-30-38-23-13-5-14-24-38)41(62-50)33-56-28-36-19-9-3-10-20-36)42(63-51)34-60-49-43(52)45(57-29-37-21-11-4-12-22-37)40(61-49)32-55-27-35-17-7-2-8-18-35/h2-26,40-53H,27-34H2,1H3/t40-,41-,42-,43+,44+,45-,46-,47-,48+,49+,50-,51+/m1/s1. The largest absolute Gasteiger partial charge is 0.385 e. The molecular formula is C51H58O13. The molecule has 3 saturated heterocycles. The van der Waals surface area contributed by atoms with E-state index in [-0.39, 0.29) is 39.6 Å². The molecule has 0 bridgehead atoms. The quantitative estimate of drug-likeness (QED) is 0.0780. The van der Waals surface area contributed by atoms with Gasteiger partial charge >= 0.3 is 0 Å². The molecule has 0 saturated carbocycles. The maximum Gasteiger partial charge on any atom is 0.187 e. The van der Waals surface area contributed by atoms with Crippen LogP contribution in [0.3, 0.4) is 0 Å². The molecule has 2 N–H and O–H groups in total. The van der Waals surface area contributed by atoms with Crippen molar-refractivity contribution in [2.24, 2.45) is 0 Å². The van der Waals surface area contributed by atoms with E-state index in [0.717, 1.165) is 27.8 Å². The second-order valence-electron chi connectivity index (χ2n) is 16.1. The smallest absolute Gasteiger partial charge is 0.187 e. The number of rotatable bonds is 23. The number of hydrogen-bond acceptors (Lipinski definition) is 13. The highest BCUT2D eigenvalue weighted by Gasteiger charge is 2.53. The molecule has 0 aromatic heterocycles. The molecule has 8 rings (SSSR count). The molecule has 0 aliphatic carbocycles. The summed E-state index contributed by atoms with van der Waals surface area (Å²) in [6.07, 6.45) is -10.9. The zero-order valence-electron chi connectivity index (χ0n) is 35.9. The number of aliphatic hydroxyl groups is 2. The molecule has 12 atom stereocenters. The SMILES string of the molecule is CO[C@H]1O[C@H](CO[C@H]2O[C@H](COCc3ccccc3)[C@@H](OCc3ccccc3)[C@@H]2O)[C@@H](O[C@H]2O[C@H](COCc3ccccc3)[C@@H](OCc3ccccc3)[C@@H]2O)[C@@H]1OCc1ccccc1. The van der Waals surface area contributed by atoms with E-state index in [1.165, 1.54) is 7.11 Å². The van der Waals surface area contributed by atoms with Crippen molar-refractivity contribution in [3.8, 4) is 0 Å². The molecule has 0 amide bonds. The average Bonchev–Trinajstić information content (AvgIpc) is 3.95. The molecular weight excluding hydrogens is 821 g/mol. The van der Waals surface area contributed by atoms with Gasteiger partial charge in [0.1, 0.15) is 54.9 Å². The summed E-state index contributed by atoms with van der Waals surface area (Å²) in [5.74, 6) is 0. The summed E-state index contributed by atoms with van der Waals surface area (Å²) in [6.45, 7) is 1.60. The first kappa shape index (κ1) is 46.1. The van der Waals surface area contributed by atoms with Crippen molar-refractivity contribution < 1.29 is 62.3 Å². The molecule has 3 aliphatic heterocycles. The topological polar surface area (TPSA) is 142 Å². The third kappa shape index (κ3) is 12.5. The van der Waals surface area contributed by atoms with E-state index < -0.39 is 73.8 Å². The average molecular weight is 879 g/mol. The zero-order valence-corrected chi connectivity index (χ0v) is 35.9. The first-order valence-corrected chi connectivity index (χ1v) is 21.8. The lowest BCUT2D eigenvalue weighted by Crippen LogP contribution is -2.45. The third-order valence-electron chi connectivity index (χ3n) is 11.4. The maximum absolute atomic E-state index is 11.9. The number of methoxy groups -OCH3 is 1. The van der Waals surface area contributed by atoms with E-state index in [0.29, 0.717) is 13.2 Å². The van der Waals surface area contributed by atoms with E-state index in [9.17, 15) is 10.2 Å². The van der Waals surface area contributed by atoms with Crippen molar-refractivity contribution in [2.75, 3.05) is 26.9 Å². The monoisotopic (exact) mass is 878 g/mol. The van der Waals surface area contributed by atoms with Crippen molar-refractivity contribution in [1.82, 2.24) is 0 Å². The fourth-order valence-electron chi connectivity index (χ4n) is 8.08. The molecule has 3 aliphatic rings. The van der Waals surface area contributed by atoms with E-state index in [2.05, 4.69) is 0 Å². The lowest BCUT2D eigenvalue weighted by molar-refractivity contribution is -0.231. The van der Waals surface area contributed by atoms with Crippen LogP contribution in [0.2, 0.25) is 0 Å². The Labute approximate surface area is 374 Å². The number of hydrogen-bond donors (Lipinski definition) is 2. The van der Waals surface area contributed by atoms with Crippen molar-refractivity contribution in [1.29, 1.82) is 0 Å². The maximum atomic E-state index is 11.9. The minimum atomic E-state index is -1.22. The van der Waals surface area contributed by atoms with Crippen molar-refractivity contribution in [3.05, 3.63) is 179 Å². The Morgan fingerprint density at radius 2 is 0.719 bits per heavy atom. The molecule has 5 aromatic carbocycles. The Balaban J connectivity index is 0.975. The van der Waals surface area contributed by atoms with Gasteiger partial charge in [0.15, 0.2) is 18.9 Å². The molecule has 13 nitrogen and oxygen atoms in total. The Hall–Kier alpha value is -4.42. The first-order chi connectivity index (χ1) is 31.5. The van der Waals surface area contributed by atoms with Gasteiger partial charge in [0.2, 0.25) is 0 Å². The van der Waals surface area contributed by atoms with Crippen LogP contribution in [0.1, 0.15) is 27.8 Å². The van der Waals surface area contributed by atoms with E-state index in [4.69, 9.17) is 52.1 Å². The first-order valence-electron chi connectivity index (χ1n) is 21.8. The highest BCUT2D eigenvalue weighted by molar-refractivity contribution is 5.17. The van der Waals surface area contributed by atoms with Gasteiger partial charge in [0.25, 0.3) is 0 Å². The molecule has 13 heteroatoms. The molecule has 0 unspecified atom stereocenters. The van der Waals surface area contributed by atoms with Crippen LogP contribution in [0.5, 0.6) is 0 Å². The molecule has 0 radical (unpaired) electrons. The zero-order chi connectivity index (χ0) is 43.9. The predicted octanol–water partition coefficient (Wildman–Crippen LogP) is 6.12. The van der Waals surface area contributed by atoms with E-state index in [1.54, 1.807) is 0 Å². The van der Waals surface area contributed by atoms with Gasteiger partial charge in [-0.25, -0.2) is 0 Å². The van der Waals surface area contributed by atoms with E-state index in [1.807, 2.05) is 152 Å². The lowest BCUT2D eigenvalue weighted by Gasteiger charge is -2.28. The predicted molar refractivity (Wildman–Crippen MR) is 233 cm³/mol. The normalized spacial score (nSPS) is 29.0. The van der Waals surface area contributed by atoms with Gasteiger partial charge in [0.05, 0.1) is 52.9 Å². The van der Waals surface area contributed by atoms with Crippen LogP contribution in [0.15, 0.2) is 152 Å². The Morgan fingerprint density at radius 3 is 1.14 bits per heavy atom. The Bertz CT molecular complexity index is 2050. The van der Waals surface area contributed by atoms with Crippen LogP contribution in [0.4, 0.5) is 0 Å². The number of ether oxygens (including phenoxy) is 11. The summed E-state index contributed by atoms with van der Waals surface area (Å²) >= 11 is 0. The van der Waals surface area contributed by atoms with Gasteiger partial charge in [-0.15, -0.1) is 0 Å². The minimum absolute atomic E-state index is 0.110. The van der Waals surface area contributed by atoms with Crippen LogP contribution in [0.25, 0.3) is 0 Å². The molecule has 3 fully saturated rings. The van der Waals surface area contributed by atoms with Gasteiger partial charge in [0, 0.05) is 7.11 Å². The highest BCUT2D eigenvalue weighted by atomic mass is 16.8. The summed E-state index contributed by atoms with van der Waals surface area (Å²) in [4.78, 5) is 0. The fraction of sp³-hybridized carbons (Fsp3) is 0.412. The van der Waals surface area contributed by atoms with Crippen molar-refractivity contribution in [3.63, 3.8) is 0 Å². The van der Waals surface area contributed by atoms with Crippen LogP contribution in [0, 0.1) is 0 Å². The fourth-order valence-corrected chi connectivity index (χ4v) is 8.08. The van der Waals surface area contributed by atoms with Crippen LogP contribution < -0.4 is 0 Å². The number of benzene rings is 5. The summed E-state index contributed by atoms with van der Waals surface area (Å²) in [5.41, 5.74) is 4.83. The lowest BCUT2D eigenvalue weighted by atomic mass is 10.1. The Morgan fingerprint density at radius 1 is 0.375 bits per heavy atom. The second-order valence-corrected chi connectivity index (χ2v) is 16.1. The third-order valence-corrected chi connectivity index (χ3v) is 11.4. The van der Waals surface area contributed by atoms with Crippen molar-refractivity contribution in [2.45, 2.75) is 107 Å². The molecule has 64 heavy (non-hydrogen) atoms. The second kappa shape index (κ2) is 23.7. The van der Waals surface area contributed by atoms with E-state index >= 15 is 0 Å².